The van der Waals surface area contributed by atoms with Gasteiger partial charge in [-0.2, -0.15) is 0 Å². The number of methoxy groups -OCH3 is 3. The molecule has 362 valence electrons. The zero-order valence-corrected chi connectivity index (χ0v) is 41.3. The number of likely N-dealkylation sites (N-methyl/N-ethyl adjacent to an activating group) is 1. The number of Topliss-reactive ketones (excluding diaryl/α,β-unsaturated/α-hetero) is 2. The molecule has 8 atom stereocenters. The van der Waals surface area contributed by atoms with Crippen LogP contribution in [-0.2, 0) is 51.0 Å². The fraction of sp³-hybridized carbons (Fsp3) is 0.680. The zero-order chi connectivity index (χ0) is 48.6. The highest BCUT2D eigenvalue weighted by Crippen LogP contribution is 2.32. The number of ether oxygens (including phenoxy) is 4. The number of aromatic nitrogens is 2. The molecular formula is C50H77N5O10. The van der Waals surface area contributed by atoms with Crippen LogP contribution in [0.2, 0.25) is 0 Å². The minimum atomic E-state index is -0.655. The minimum absolute atomic E-state index is 0.0150. The summed E-state index contributed by atoms with van der Waals surface area (Å²) in [6.45, 7) is 17.7. The van der Waals surface area contributed by atoms with E-state index < -0.39 is 53.7 Å². The first-order chi connectivity index (χ1) is 30.7. The summed E-state index contributed by atoms with van der Waals surface area (Å²) in [5.41, 5.74) is 1.22. The first-order valence-electron chi connectivity index (χ1n) is 23.3. The van der Waals surface area contributed by atoms with E-state index in [0.717, 1.165) is 18.4 Å². The fourth-order valence-corrected chi connectivity index (χ4v) is 8.91. The summed E-state index contributed by atoms with van der Waals surface area (Å²) in [5, 5.41) is 2.67. The summed E-state index contributed by atoms with van der Waals surface area (Å²) < 4.78 is 22.4. The van der Waals surface area contributed by atoms with E-state index in [0.29, 0.717) is 42.9 Å². The van der Waals surface area contributed by atoms with Crippen LogP contribution in [0.3, 0.4) is 0 Å². The number of rotatable bonds is 25. The van der Waals surface area contributed by atoms with Crippen LogP contribution in [0.4, 0.5) is 4.79 Å². The molecule has 1 aromatic heterocycles. The molecule has 1 aromatic carbocycles. The Kier molecular flexibility index (Phi) is 21.7. The Morgan fingerprint density at radius 1 is 0.954 bits per heavy atom. The molecule has 0 saturated carbocycles. The monoisotopic (exact) mass is 908 g/mol. The van der Waals surface area contributed by atoms with Crippen LogP contribution >= 0.6 is 0 Å². The van der Waals surface area contributed by atoms with Gasteiger partial charge in [-0.1, -0.05) is 71.4 Å². The summed E-state index contributed by atoms with van der Waals surface area (Å²) in [4.78, 5) is 93.3. The highest BCUT2D eigenvalue weighted by atomic mass is 16.6. The van der Waals surface area contributed by atoms with Gasteiger partial charge < -0.3 is 34.1 Å². The quantitative estimate of drug-likeness (QED) is 0.0613. The molecule has 2 heterocycles. The largest absolute Gasteiger partial charge is 0.469 e. The SMILES string of the molecule is CC[C@H](C)[C@@H]([C@@H](CC(=O)N1CCC[C@H]1[C@H](OC)[C@@H](C)C(=O)C[C@@H](Cc1ccccc1)C(=O)OC)OC)N(C)C(=O)[C@@H](Cc1ncc(C(=O)CCCNC(=O)OC(C)(C)C)c(C)n1)C(C)C. The molecule has 0 spiro atoms. The van der Waals surface area contributed by atoms with Crippen LogP contribution in [0, 0.1) is 36.5 Å². The van der Waals surface area contributed by atoms with Crippen LogP contribution in [0.15, 0.2) is 36.5 Å². The second-order valence-corrected chi connectivity index (χ2v) is 19.0. The van der Waals surface area contributed by atoms with Crippen LogP contribution in [0.5, 0.6) is 0 Å². The maximum absolute atomic E-state index is 14.6. The van der Waals surface area contributed by atoms with Gasteiger partial charge in [-0.3, -0.25) is 24.0 Å². The molecule has 1 N–H and O–H groups in total. The van der Waals surface area contributed by atoms with Crippen molar-refractivity contribution in [2.24, 2.45) is 29.6 Å². The van der Waals surface area contributed by atoms with E-state index >= 15 is 0 Å². The molecule has 15 heteroatoms. The van der Waals surface area contributed by atoms with E-state index in [-0.39, 0.29) is 73.5 Å². The first kappa shape index (κ1) is 54.6. The average molecular weight is 908 g/mol. The van der Waals surface area contributed by atoms with Crippen LogP contribution in [-0.4, -0.2) is 127 Å². The number of likely N-dealkylation sites (tertiary alicyclic amines) is 1. The van der Waals surface area contributed by atoms with Gasteiger partial charge in [0, 0.05) is 71.7 Å². The summed E-state index contributed by atoms with van der Waals surface area (Å²) in [6.07, 6.45) is 3.08. The molecule has 1 fully saturated rings. The van der Waals surface area contributed by atoms with Crippen molar-refractivity contribution >= 4 is 35.4 Å². The zero-order valence-electron chi connectivity index (χ0n) is 41.3. The van der Waals surface area contributed by atoms with E-state index in [4.69, 9.17) is 18.9 Å². The smallest absolute Gasteiger partial charge is 0.407 e. The van der Waals surface area contributed by atoms with E-state index in [1.807, 2.05) is 51.1 Å². The van der Waals surface area contributed by atoms with Crippen molar-refractivity contribution in [2.45, 2.75) is 150 Å². The van der Waals surface area contributed by atoms with Gasteiger partial charge >= 0.3 is 12.1 Å². The van der Waals surface area contributed by atoms with Gasteiger partial charge in [-0.05, 0) is 70.8 Å². The molecule has 0 unspecified atom stereocenters. The van der Waals surface area contributed by atoms with Gasteiger partial charge in [0.05, 0.1) is 55.0 Å². The molecule has 2 aromatic rings. The molecule has 1 aliphatic rings. The maximum atomic E-state index is 14.6. The second kappa shape index (κ2) is 25.8. The van der Waals surface area contributed by atoms with E-state index in [1.54, 1.807) is 65.7 Å². The predicted octanol–water partition coefficient (Wildman–Crippen LogP) is 7.00. The number of benzene rings is 1. The van der Waals surface area contributed by atoms with Crippen molar-refractivity contribution < 1.29 is 47.7 Å². The van der Waals surface area contributed by atoms with Crippen molar-refractivity contribution in [1.82, 2.24) is 25.1 Å². The molecule has 15 nitrogen and oxygen atoms in total. The number of hydrogen-bond donors (Lipinski definition) is 1. The van der Waals surface area contributed by atoms with Gasteiger partial charge in [0.25, 0.3) is 0 Å². The third-order valence-corrected chi connectivity index (χ3v) is 12.8. The Morgan fingerprint density at radius 3 is 2.20 bits per heavy atom. The number of alkyl carbamates (subject to hydrolysis) is 1. The normalized spacial score (nSPS) is 17.3. The Bertz CT molecular complexity index is 1880. The molecule has 1 saturated heterocycles. The van der Waals surface area contributed by atoms with Gasteiger partial charge in [0.1, 0.15) is 17.2 Å². The van der Waals surface area contributed by atoms with Gasteiger partial charge in [0.2, 0.25) is 11.8 Å². The van der Waals surface area contributed by atoms with Crippen LogP contribution in [0.25, 0.3) is 0 Å². The molecule has 65 heavy (non-hydrogen) atoms. The summed E-state index contributed by atoms with van der Waals surface area (Å²) in [6, 6.07) is 8.70. The number of esters is 1. The lowest BCUT2D eigenvalue weighted by Gasteiger charge is -2.40. The molecule has 0 bridgehead atoms. The van der Waals surface area contributed by atoms with Crippen molar-refractivity contribution in [1.29, 1.82) is 0 Å². The topological polar surface area (TPSA) is 184 Å². The first-order valence-corrected chi connectivity index (χ1v) is 23.3. The van der Waals surface area contributed by atoms with Crippen LogP contribution < -0.4 is 5.32 Å². The standard InChI is InChI=1S/C50H77N5O10/c1-14-32(4)45(54(10)47(59)37(31(2)3)28-43-52-30-38(34(6)53-43)40(56)23-18-24-51-49(61)65-50(7,8)9)42(62-11)29-44(58)55-25-19-22-39(55)46(63-12)33(5)41(57)27-36(48(60)64-13)26-35-20-16-15-17-21-35/h15-17,20-21,30-33,36-37,39,42,45-46H,14,18-19,22-29H2,1-13H3,(H,51,61)/t32-,33-,36+,37-,39-,42+,45-,46+/m0/s1. The third-order valence-electron chi connectivity index (χ3n) is 12.8. The van der Waals surface area contributed by atoms with Gasteiger partial charge in [-0.15, -0.1) is 0 Å². The summed E-state index contributed by atoms with van der Waals surface area (Å²) in [7, 11) is 6.21. The van der Waals surface area contributed by atoms with E-state index in [9.17, 15) is 28.8 Å². The van der Waals surface area contributed by atoms with Gasteiger partial charge in [-0.25, -0.2) is 14.8 Å². The Hall–Kier alpha value is -4.76. The number of nitrogens with one attached hydrogen (secondary N) is 1. The van der Waals surface area contributed by atoms with Crippen molar-refractivity contribution in [3.8, 4) is 0 Å². The van der Waals surface area contributed by atoms with Crippen molar-refractivity contribution in [3.05, 3.63) is 59.2 Å². The molecule has 0 aliphatic carbocycles. The number of hydrogen-bond acceptors (Lipinski definition) is 12. The Labute approximate surface area is 387 Å². The molecule has 3 amide bonds. The summed E-state index contributed by atoms with van der Waals surface area (Å²) in [5.74, 6) is -2.44. The lowest BCUT2D eigenvalue weighted by Crippen LogP contribution is -2.54. The molecule has 0 radical (unpaired) electrons. The average Bonchev–Trinajstić information content (AvgIpc) is 3.75. The number of carbonyl (C=O) groups excluding carboxylic acids is 6. The van der Waals surface area contributed by atoms with Crippen LogP contribution in [0.1, 0.15) is 128 Å². The number of amides is 3. The predicted molar refractivity (Wildman–Crippen MR) is 248 cm³/mol. The van der Waals surface area contributed by atoms with Crippen molar-refractivity contribution in [3.63, 3.8) is 0 Å². The number of aryl methyl sites for hydroxylation is 1. The molecule has 3 rings (SSSR count). The number of nitrogens with zero attached hydrogens (tertiary/aromatic N) is 4. The fourth-order valence-electron chi connectivity index (χ4n) is 8.91. The highest BCUT2D eigenvalue weighted by molar-refractivity contribution is 5.96. The highest BCUT2D eigenvalue weighted by Gasteiger charge is 2.43. The summed E-state index contributed by atoms with van der Waals surface area (Å²) >= 11 is 0. The van der Waals surface area contributed by atoms with Gasteiger partial charge in [0.15, 0.2) is 5.78 Å². The Morgan fingerprint density at radius 2 is 1.63 bits per heavy atom. The van der Waals surface area contributed by atoms with E-state index in [1.165, 1.54) is 13.3 Å². The minimum Gasteiger partial charge on any atom is -0.469 e. The Balaban J connectivity index is 1.73. The van der Waals surface area contributed by atoms with Crippen molar-refractivity contribution in [2.75, 3.05) is 41.5 Å². The number of carbonyl (C=O) groups is 6. The maximum Gasteiger partial charge on any atom is 0.407 e. The lowest BCUT2D eigenvalue weighted by atomic mass is 9.85. The lowest BCUT2D eigenvalue weighted by molar-refractivity contribution is -0.149. The number of ketones is 2. The van der Waals surface area contributed by atoms with E-state index in [2.05, 4.69) is 22.2 Å². The third kappa shape index (κ3) is 16.0. The molecular weight excluding hydrogens is 831 g/mol. The molecule has 1 aliphatic heterocycles. The second-order valence-electron chi connectivity index (χ2n) is 19.0.